The van der Waals surface area contributed by atoms with E-state index in [1.165, 1.54) is 31.3 Å². The molecule has 0 aliphatic heterocycles. The third kappa shape index (κ3) is 4.20. The molecule has 0 bridgehead atoms. The number of ether oxygens (including phenoxy) is 2. The SMILES string of the molecule is COC(=O)C(C)Oc1ccc(N(C(C)=O)c2ncc(Cl)cn2)cc1. The highest BCUT2D eigenvalue weighted by atomic mass is 35.5. The van der Waals surface area contributed by atoms with Gasteiger partial charge in [0.2, 0.25) is 11.9 Å². The Morgan fingerprint density at radius 2 is 1.75 bits per heavy atom. The Labute approximate surface area is 144 Å². The molecule has 0 saturated heterocycles. The van der Waals surface area contributed by atoms with Crippen LogP contribution in [0.1, 0.15) is 13.8 Å². The zero-order chi connectivity index (χ0) is 17.7. The van der Waals surface area contributed by atoms with E-state index in [9.17, 15) is 9.59 Å². The van der Waals surface area contributed by atoms with E-state index in [0.29, 0.717) is 16.5 Å². The molecule has 0 fully saturated rings. The lowest BCUT2D eigenvalue weighted by Gasteiger charge is -2.19. The van der Waals surface area contributed by atoms with Crippen LogP contribution in [0.5, 0.6) is 5.75 Å². The van der Waals surface area contributed by atoms with Crippen LogP contribution < -0.4 is 9.64 Å². The summed E-state index contributed by atoms with van der Waals surface area (Å²) in [6.45, 7) is 2.99. The summed E-state index contributed by atoms with van der Waals surface area (Å²) >= 11 is 5.77. The van der Waals surface area contributed by atoms with Crippen molar-refractivity contribution < 1.29 is 19.1 Å². The fraction of sp³-hybridized carbons (Fsp3) is 0.250. The van der Waals surface area contributed by atoms with E-state index in [4.69, 9.17) is 16.3 Å². The number of nitrogens with zero attached hydrogens (tertiary/aromatic N) is 3. The molecular formula is C16H16ClN3O4. The van der Waals surface area contributed by atoms with E-state index >= 15 is 0 Å². The van der Waals surface area contributed by atoms with Crippen LogP contribution in [0.4, 0.5) is 11.6 Å². The second-order valence-corrected chi connectivity index (χ2v) is 5.27. The maximum atomic E-state index is 11.9. The molecule has 0 spiro atoms. The summed E-state index contributed by atoms with van der Waals surface area (Å²) in [5.41, 5.74) is 0.558. The average molecular weight is 350 g/mol. The number of carbonyl (C=O) groups is 2. The molecule has 1 aromatic heterocycles. The summed E-state index contributed by atoms with van der Waals surface area (Å²) in [6.07, 6.45) is 2.09. The van der Waals surface area contributed by atoms with E-state index in [2.05, 4.69) is 14.7 Å². The van der Waals surface area contributed by atoms with Gasteiger partial charge < -0.3 is 9.47 Å². The highest BCUT2D eigenvalue weighted by Gasteiger charge is 2.18. The summed E-state index contributed by atoms with van der Waals surface area (Å²) in [5, 5.41) is 0.378. The van der Waals surface area contributed by atoms with Gasteiger partial charge in [0.05, 0.1) is 30.2 Å². The third-order valence-electron chi connectivity index (χ3n) is 3.06. The monoisotopic (exact) mass is 349 g/mol. The molecule has 8 heteroatoms. The molecular weight excluding hydrogens is 334 g/mol. The molecule has 0 aliphatic carbocycles. The van der Waals surface area contributed by atoms with Crippen molar-refractivity contribution in [1.29, 1.82) is 0 Å². The number of carbonyl (C=O) groups excluding carboxylic acids is 2. The fourth-order valence-corrected chi connectivity index (χ4v) is 2.05. The zero-order valence-corrected chi connectivity index (χ0v) is 14.1. The minimum Gasteiger partial charge on any atom is -0.479 e. The third-order valence-corrected chi connectivity index (χ3v) is 3.26. The van der Waals surface area contributed by atoms with Gasteiger partial charge >= 0.3 is 5.97 Å². The molecule has 2 aromatic rings. The predicted molar refractivity (Wildman–Crippen MR) is 88.4 cm³/mol. The van der Waals surface area contributed by atoms with Gasteiger partial charge in [0.25, 0.3) is 0 Å². The second-order valence-electron chi connectivity index (χ2n) is 4.83. The Hall–Kier alpha value is -2.67. The van der Waals surface area contributed by atoms with Gasteiger partial charge in [-0.25, -0.2) is 19.7 Å². The topological polar surface area (TPSA) is 81.6 Å². The predicted octanol–water partition coefficient (Wildman–Crippen LogP) is 2.75. The molecule has 126 valence electrons. The van der Waals surface area contributed by atoms with Crippen LogP contribution in [0, 0.1) is 0 Å². The number of benzene rings is 1. The Balaban J connectivity index is 2.22. The van der Waals surface area contributed by atoms with E-state index in [1.54, 1.807) is 31.2 Å². The number of halogens is 1. The number of aromatic nitrogens is 2. The van der Waals surface area contributed by atoms with Crippen molar-refractivity contribution >= 4 is 35.1 Å². The summed E-state index contributed by atoms with van der Waals surface area (Å²) < 4.78 is 10.1. The normalized spacial score (nSPS) is 11.5. The van der Waals surface area contributed by atoms with Crippen LogP contribution in [0.15, 0.2) is 36.7 Å². The lowest BCUT2D eigenvalue weighted by Crippen LogP contribution is -2.25. The average Bonchev–Trinajstić information content (AvgIpc) is 2.57. The lowest BCUT2D eigenvalue weighted by molar-refractivity contribution is -0.147. The molecule has 0 aliphatic rings. The molecule has 1 heterocycles. The second kappa shape index (κ2) is 7.74. The van der Waals surface area contributed by atoms with E-state index in [-0.39, 0.29) is 11.9 Å². The molecule has 7 nitrogen and oxygen atoms in total. The Kier molecular flexibility index (Phi) is 5.70. The Morgan fingerprint density at radius 1 is 1.17 bits per heavy atom. The first-order chi connectivity index (χ1) is 11.4. The first-order valence-corrected chi connectivity index (χ1v) is 7.43. The number of anilines is 2. The van der Waals surface area contributed by atoms with Gasteiger partial charge in [-0.15, -0.1) is 0 Å². The van der Waals surface area contributed by atoms with Crippen LogP contribution in [0.25, 0.3) is 0 Å². The van der Waals surface area contributed by atoms with Gasteiger partial charge in [-0.2, -0.15) is 0 Å². The Morgan fingerprint density at radius 3 is 2.25 bits per heavy atom. The van der Waals surface area contributed by atoms with Gasteiger partial charge in [0.15, 0.2) is 6.10 Å². The molecule has 0 radical (unpaired) electrons. The van der Waals surface area contributed by atoms with Gasteiger partial charge in [-0.1, -0.05) is 11.6 Å². The summed E-state index contributed by atoms with van der Waals surface area (Å²) in [5.74, 6) is -0.0476. The van der Waals surface area contributed by atoms with Crippen molar-refractivity contribution in [3.05, 3.63) is 41.7 Å². The van der Waals surface area contributed by atoms with E-state index in [1.807, 2.05) is 0 Å². The molecule has 1 aromatic carbocycles. The van der Waals surface area contributed by atoms with E-state index < -0.39 is 12.1 Å². The van der Waals surface area contributed by atoms with Crippen LogP contribution in [-0.4, -0.2) is 35.1 Å². The van der Waals surface area contributed by atoms with Gasteiger partial charge in [0.1, 0.15) is 5.75 Å². The molecule has 0 saturated carbocycles. The minimum atomic E-state index is -0.732. The van der Waals surface area contributed by atoms with E-state index in [0.717, 1.165) is 0 Å². The first kappa shape index (κ1) is 17.7. The van der Waals surface area contributed by atoms with Gasteiger partial charge in [0, 0.05) is 6.92 Å². The largest absolute Gasteiger partial charge is 0.479 e. The zero-order valence-electron chi connectivity index (χ0n) is 13.4. The highest BCUT2D eigenvalue weighted by Crippen LogP contribution is 2.25. The van der Waals surface area contributed by atoms with Crippen molar-refractivity contribution in [2.75, 3.05) is 12.0 Å². The number of hydrogen-bond donors (Lipinski definition) is 0. The minimum absolute atomic E-state index is 0.212. The summed E-state index contributed by atoms with van der Waals surface area (Å²) in [7, 11) is 1.29. The van der Waals surface area contributed by atoms with Crippen LogP contribution >= 0.6 is 11.6 Å². The smallest absolute Gasteiger partial charge is 0.346 e. The maximum absolute atomic E-state index is 11.9. The number of amides is 1. The van der Waals surface area contributed by atoms with Gasteiger partial charge in [-0.05, 0) is 31.2 Å². The molecule has 1 unspecified atom stereocenters. The van der Waals surface area contributed by atoms with Crippen molar-refractivity contribution in [2.45, 2.75) is 20.0 Å². The van der Waals surface area contributed by atoms with Crippen molar-refractivity contribution in [3.63, 3.8) is 0 Å². The number of rotatable bonds is 5. The first-order valence-electron chi connectivity index (χ1n) is 7.05. The standard InChI is InChI=1S/C16H16ClN3O4/c1-10(15(22)23-3)24-14-6-4-13(5-7-14)20(11(2)21)16-18-8-12(17)9-19-16/h4-10H,1-3H3. The molecule has 1 amide bonds. The number of methoxy groups -OCH3 is 1. The Bertz CT molecular complexity index is 719. The van der Waals surface area contributed by atoms with Gasteiger partial charge in [-0.3, -0.25) is 4.79 Å². The summed E-state index contributed by atoms with van der Waals surface area (Å²) in [4.78, 5) is 32.7. The van der Waals surface area contributed by atoms with Crippen LogP contribution in [-0.2, 0) is 14.3 Å². The van der Waals surface area contributed by atoms with Crippen molar-refractivity contribution in [1.82, 2.24) is 9.97 Å². The highest BCUT2D eigenvalue weighted by molar-refractivity contribution is 6.30. The van der Waals surface area contributed by atoms with Crippen LogP contribution in [0.3, 0.4) is 0 Å². The van der Waals surface area contributed by atoms with Crippen LogP contribution in [0.2, 0.25) is 5.02 Å². The molecule has 24 heavy (non-hydrogen) atoms. The van der Waals surface area contributed by atoms with Crippen molar-refractivity contribution in [3.8, 4) is 5.75 Å². The molecule has 1 atom stereocenters. The summed E-state index contributed by atoms with van der Waals surface area (Å²) in [6, 6.07) is 6.61. The fourth-order valence-electron chi connectivity index (χ4n) is 1.95. The van der Waals surface area contributed by atoms with Crippen molar-refractivity contribution in [2.24, 2.45) is 0 Å². The number of esters is 1. The maximum Gasteiger partial charge on any atom is 0.346 e. The molecule has 2 rings (SSSR count). The molecule has 0 N–H and O–H groups in total. The quantitative estimate of drug-likeness (QED) is 0.772. The lowest BCUT2D eigenvalue weighted by atomic mass is 10.2. The number of hydrogen-bond acceptors (Lipinski definition) is 6.